The Balaban J connectivity index is 1.59. The molecule has 3 rings (SSSR count). The topological polar surface area (TPSA) is 84.7 Å². The van der Waals surface area contributed by atoms with Crippen molar-refractivity contribution in [2.24, 2.45) is 0 Å². The Kier molecular flexibility index (Phi) is 4.51. The molecule has 0 radical (unpaired) electrons. The molecule has 1 heterocycles. The lowest BCUT2D eigenvalue weighted by Crippen LogP contribution is -2.21. The first-order chi connectivity index (χ1) is 11.6. The van der Waals surface area contributed by atoms with E-state index >= 15 is 0 Å². The number of hydrogen-bond acceptors (Lipinski definition) is 5. The van der Waals surface area contributed by atoms with Gasteiger partial charge in [-0.25, -0.2) is 4.68 Å². The molecule has 0 saturated heterocycles. The van der Waals surface area contributed by atoms with Gasteiger partial charge >= 0.3 is 0 Å². The lowest BCUT2D eigenvalue weighted by molar-refractivity contribution is -0.114. The van der Waals surface area contributed by atoms with E-state index in [9.17, 15) is 4.79 Å². The summed E-state index contributed by atoms with van der Waals surface area (Å²) in [6.45, 7) is 4.17. The molecule has 1 amide bonds. The number of benzene rings is 2. The van der Waals surface area contributed by atoms with Crippen molar-refractivity contribution in [1.29, 1.82) is 0 Å². The Morgan fingerprint density at radius 3 is 2.50 bits per heavy atom. The van der Waals surface area contributed by atoms with Gasteiger partial charge in [0.2, 0.25) is 5.91 Å². The van der Waals surface area contributed by atoms with Gasteiger partial charge in [-0.3, -0.25) is 4.79 Å². The van der Waals surface area contributed by atoms with Crippen LogP contribution in [0.3, 0.4) is 0 Å². The van der Waals surface area contributed by atoms with Crippen molar-refractivity contribution in [2.45, 2.75) is 13.8 Å². The Bertz CT molecular complexity index is 827. The van der Waals surface area contributed by atoms with Crippen LogP contribution in [0, 0.1) is 13.8 Å². The molecular weight excluding hydrogens is 304 g/mol. The number of nitrogens with zero attached hydrogens (tertiary/aromatic N) is 4. The highest BCUT2D eigenvalue weighted by Gasteiger charge is 2.06. The molecule has 24 heavy (non-hydrogen) atoms. The number of nitrogens with one attached hydrogen (secondary N) is 2. The Morgan fingerprint density at radius 2 is 1.83 bits per heavy atom. The fourth-order valence-electron chi connectivity index (χ4n) is 2.32. The largest absolute Gasteiger partial charge is 0.376 e. The molecule has 1 aromatic heterocycles. The first-order valence-corrected chi connectivity index (χ1v) is 7.56. The summed E-state index contributed by atoms with van der Waals surface area (Å²) < 4.78 is 1.60. The molecule has 0 aliphatic rings. The van der Waals surface area contributed by atoms with Gasteiger partial charge < -0.3 is 10.6 Å². The minimum atomic E-state index is -0.0962. The number of amides is 1. The first kappa shape index (κ1) is 15.7. The summed E-state index contributed by atoms with van der Waals surface area (Å²) in [6.07, 6.45) is 1.55. The van der Waals surface area contributed by atoms with E-state index in [1.165, 1.54) is 0 Å². The third-order valence-corrected chi connectivity index (χ3v) is 3.58. The quantitative estimate of drug-likeness (QED) is 0.753. The minimum Gasteiger partial charge on any atom is -0.376 e. The van der Waals surface area contributed by atoms with Crippen molar-refractivity contribution in [3.05, 3.63) is 59.9 Å². The molecular formula is C17H18N6O. The molecule has 0 aliphatic carbocycles. The second kappa shape index (κ2) is 6.91. The molecule has 0 unspecified atom stereocenters. The molecule has 0 fully saturated rings. The number of aryl methyl sites for hydroxylation is 2. The summed E-state index contributed by atoms with van der Waals surface area (Å²) in [5.41, 5.74) is 4.71. The van der Waals surface area contributed by atoms with Crippen LogP contribution in [0.2, 0.25) is 0 Å². The van der Waals surface area contributed by atoms with E-state index in [1.807, 2.05) is 56.3 Å². The Hall–Kier alpha value is -3.22. The van der Waals surface area contributed by atoms with Crippen LogP contribution < -0.4 is 10.6 Å². The third kappa shape index (κ3) is 3.75. The second-order valence-electron chi connectivity index (χ2n) is 5.52. The monoisotopic (exact) mass is 322 g/mol. The highest BCUT2D eigenvalue weighted by Crippen LogP contribution is 2.17. The van der Waals surface area contributed by atoms with Gasteiger partial charge in [0, 0.05) is 11.4 Å². The van der Waals surface area contributed by atoms with Crippen LogP contribution in [-0.4, -0.2) is 32.7 Å². The summed E-state index contributed by atoms with van der Waals surface area (Å²) >= 11 is 0. The van der Waals surface area contributed by atoms with Crippen LogP contribution in [-0.2, 0) is 4.79 Å². The van der Waals surface area contributed by atoms with Crippen molar-refractivity contribution in [1.82, 2.24) is 20.2 Å². The summed E-state index contributed by atoms with van der Waals surface area (Å²) in [6, 6.07) is 13.5. The van der Waals surface area contributed by atoms with Gasteiger partial charge in [0.15, 0.2) is 0 Å². The van der Waals surface area contributed by atoms with E-state index < -0.39 is 0 Å². The molecule has 2 N–H and O–H groups in total. The maximum atomic E-state index is 12.0. The number of tetrazole rings is 1. The molecule has 0 bridgehead atoms. The number of rotatable bonds is 5. The predicted molar refractivity (Wildman–Crippen MR) is 92.2 cm³/mol. The molecule has 7 nitrogen and oxygen atoms in total. The lowest BCUT2D eigenvalue weighted by Gasteiger charge is -2.10. The van der Waals surface area contributed by atoms with Crippen molar-refractivity contribution >= 4 is 17.3 Å². The van der Waals surface area contributed by atoms with Gasteiger partial charge in [0.1, 0.15) is 6.33 Å². The zero-order chi connectivity index (χ0) is 16.9. The van der Waals surface area contributed by atoms with E-state index in [4.69, 9.17) is 0 Å². The van der Waals surface area contributed by atoms with Gasteiger partial charge in [-0.05, 0) is 60.2 Å². The summed E-state index contributed by atoms with van der Waals surface area (Å²) in [4.78, 5) is 12.0. The van der Waals surface area contributed by atoms with E-state index in [1.54, 1.807) is 11.0 Å². The SMILES string of the molecule is Cc1ccc(NC(=O)CNc2ccc(-n3cnnn3)c(C)c2)cc1. The molecule has 122 valence electrons. The molecule has 0 saturated carbocycles. The standard InChI is InChI=1S/C17H18N6O/c1-12-3-5-14(6-4-12)20-17(24)10-18-15-7-8-16(13(2)9-15)23-11-19-21-22-23/h3-9,11,18H,10H2,1-2H3,(H,20,24). The normalized spacial score (nSPS) is 10.4. The van der Waals surface area contributed by atoms with Crippen molar-refractivity contribution in [2.75, 3.05) is 17.2 Å². The van der Waals surface area contributed by atoms with Crippen LogP contribution in [0.4, 0.5) is 11.4 Å². The zero-order valence-electron chi connectivity index (χ0n) is 13.5. The van der Waals surface area contributed by atoms with E-state index in [0.29, 0.717) is 0 Å². The minimum absolute atomic E-state index is 0.0962. The fraction of sp³-hybridized carbons (Fsp3) is 0.176. The van der Waals surface area contributed by atoms with Crippen LogP contribution in [0.5, 0.6) is 0 Å². The number of anilines is 2. The second-order valence-corrected chi connectivity index (χ2v) is 5.52. The summed E-state index contributed by atoms with van der Waals surface area (Å²) in [5, 5.41) is 17.1. The Morgan fingerprint density at radius 1 is 1.08 bits per heavy atom. The van der Waals surface area contributed by atoms with Gasteiger partial charge in [0.25, 0.3) is 0 Å². The average molecular weight is 322 g/mol. The molecule has 3 aromatic rings. The highest BCUT2D eigenvalue weighted by molar-refractivity contribution is 5.93. The molecule has 0 atom stereocenters. The van der Waals surface area contributed by atoms with Gasteiger partial charge in [-0.2, -0.15) is 0 Å². The van der Waals surface area contributed by atoms with Gasteiger partial charge in [-0.1, -0.05) is 17.7 Å². The van der Waals surface area contributed by atoms with Crippen LogP contribution >= 0.6 is 0 Å². The first-order valence-electron chi connectivity index (χ1n) is 7.56. The maximum Gasteiger partial charge on any atom is 0.243 e. The van der Waals surface area contributed by atoms with E-state index in [2.05, 4.69) is 26.2 Å². The number of aromatic nitrogens is 4. The maximum absolute atomic E-state index is 12.0. The van der Waals surface area contributed by atoms with Crippen LogP contribution in [0.25, 0.3) is 5.69 Å². The Labute approximate surface area is 139 Å². The van der Waals surface area contributed by atoms with Crippen molar-refractivity contribution < 1.29 is 4.79 Å². The van der Waals surface area contributed by atoms with E-state index in [-0.39, 0.29) is 12.5 Å². The van der Waals surface area contributed by atoms with Crippen molar-refractivity contribution in [3.63, 3.8) is 0 Å². The smallest absolute Gasteiger partial charge is 0.243 e. The van der Waals surface area contributed by atoms with Crippen LogP contribution in [0.15, 0.2) is 48.8 Å². The molecule has 0 aliphatic heterocycles. The summed E-state index contributed by atoms with van der Waals surface area (Å²) in [7, 11) is 0. The average Bonchev–Trinajstić information content (AvgIpc) is 3.09. The van der Waals surface area contributed by atoms with Gasteiger partial charge in [0.05, 0.1) is 12.2 Å². The molecule has 2 aromatic carbocycles. The highest BCUT2D eigenvalue weighted by atomic mass is 16.1. The summed E-state index contributed by atoms with van der Waals surface area (Å²) in [5.74, 6) is -0.0962. The number of hydrogen-bond donors (Lipinski definition) is 2. The number of carbonyl (C=O) groups is 1. The molecule has 0 spiro atoms. The lowest BCUT2D eigenvalue weighted by atomic mass is 10.2. The van der Waals surface area contributed by atoms with Crippen LogP contribution in [0.1, 0.15) is 11.1 Å². The fourth-order valence-corrected chi connectivity index (χ4v) is 2.32. The van der Waals surface area contributed by atoms with E-state index in [0.717, 1.165) is 28.2 Å². The predicted octanol–water partition coefficient (Wildman–Crippen LogP) is 2.33. The van der Waals surface area contributed by atoms with Crippen molar-refractivity contribution in [3.8, 4) is 5.69 Å². The zero-order valence-corrected chi connectivity index (χ0v) is 13.5. The number of carbonyl (C=O) groups excluding carboxylic acids is 1. The van der Waals surface area contributed by atoms with Gasteiger partial charge in [-0.15, -0.1) is 5.10 Å². The molecule has 7 heteroatoms. The third-order valence-electron chi connectivity index (χ3n) is 3.58.